The Kier molecular flexibility index (Phi) is 2.90. The van der Waals surface area contributed by atoms with E-state index >= 15 is 0 Å². The van der Waals surface area contributed by atoms with Gasteiger partial charge in [0.2, 0.25) is 11.8 Å². The molecule has 0 aliphatic heterocycles. The van der Waals surface area contributed by atoms with Crippen LogP contribution in [0.5, 0.6) is 5.88 Å². The maximum atomic E-state index is 5.65. The summed E-state index contributed by atoms with van der Waals surface area (Å²) < 4.78 is 5.46. The molecule has 0 atom stereocenters. The SMILES string of the molecule is CCOc1nc(N)nc2ccc(-c3nnc(C)[nH]3)nc12. The Morgan fingerprint density at radius 2 is 2.05 bits per heavy atom. The number of anilines is 1. The molecule has 3 aromatic heterocycles. The maximum absolute atomic E-state index is 5.65. The first-order valence-electron chi connectivity index (χ1n) is 6.14. The van der Waals surface area contributed by atoms with E-state index in [9.17, 15) is 0 Å². The van der Waals surface area contributed by atoms with Crippen molar-refractivity contribution in [1.82, 2.24) is 30.1 Å². The van der Waals surface area contributed by atoms with Crippen LogP contribution in [0.1, 0.15) is 12.7 Å². The summed E-state index contributed by atoms with van der Waals surface area (Å²) in [7, 11) is 0. The molecular weight excluding hydrogens is 258 g/mol. The summed E-state index contributed by atoms with van der Waals surface area (Å²) in [5.41, 5.74) is 7.47. The van der Waals surface area contributed by atoms with Gasteiger partial charge in [-0.15, -0.1) is 10.2 Å². The number of pyridine rings is 1. The number of nitrogens with one attached hydrogen (secondary N) is 1. The highest BCUT2D eigenvalue weighted by Crippen LogP contribution is 2.24. The number of H-pyrrole nitrogens is 1. The predicted octanol–water partition coefficient (Wildman–Crippen LogP) is 1.10. The van der Waals surface area contributed by atoms with Crippen molar-refractivity contribution < 1.29 is 4.74 Å². The molecule has 0 amide bonds. The zero-order valence-electron chi connectivity index (χ0n) is 11.1. The molecule has 3 aromatic rings. The fraction of sp³-hybridized carbons (Fsp3) is 0.250. The highest BCUT2D eigenvalue weighted by molar-refractivity contribution is 5.82. The minimum Gasteiger partial charge on any atom is -0.476 e. The molecule has 0 bridgehead atoms. The summed E-state index contributed by atoms with van der Waals surface area (Å²) in [6.45, 7) is 4.17. The Bertz CT molecular complexity index is 768. The number of aryl methyl sites for hydroxylation is 1. The van der Waals surface area contributed by atoms with Crippen molar-refractivity contribution in [1.29, 1.82) is 0 Å². The molecule has 8 heteroatoms. The first-order chi connectivity index (χ1) is 9.67. The number of nitrogens with two attached hydrogens (primary N) is 1. The van der Waals surface area contributed by atoms with Crippen LogP contribution in [0, 0.1) is 6.92 Å². The van der Waals surface area contributed by atoms with Crippen LogP contribution in [0.15, 0.2) is 12.1 Å². The Morgan fingerprint density at radius 1 is 1.20 bits per heavy atom. The van der Waals surface area contributed by atoms with E-state index in [0.717, 1.165) is 5.82 Å². The van der Waals surface area contributed by atoms with Crippen LogP contribution >= 0.6 is 0 Å². The molecule has 8 nitrogen and oxygen atoms in total. The third kappa shape index (κ3) is 2.11. The van der Waals surface area contributed by atoms with Gasteiger partial charge in [-0.25, -0.2) is 9.97 Å². The number of nitrogens with zero attached hydrogens (tertiary/aromatic N) is 5. The van der Waals surface area contributed by atoms with Gasteiger partial charge in [0.25, 0.3) is 0 Å². The topological polar surface area (TPSA) is 115 Å². The zero-order chi connectivity index (χ0) is 14.1. The van der Waals surface area contributed by atoms with Gasteiger partial charge in [-0.2, -0.15) is 4.98 Å². The molecule has 0 saturated carbocycles. The minimum absolute atomic E-state index is 0.158. The lowest BCUT2D eigenvalue weighted by molar-refractivity contribution is 0.330. The second-order valence-corrected chi connectivity index (χ2v) is 4.14. The van der Waals surface area contributed by atoms with E-state index in [1.807, 2.05) is 13.8 Å². The summed E-state index contributed by atoms with van der Waals surface area (Å²) in [6.07, 6.45) is 0. The number of nitrogen functional groups attached to an aromatic ring is 1. The number of fused-ring (bicyclic) bond motifs is 1. The van der Waals surface area contributed by atoms with Crippen molar-refractivity contribution in [2.24, 2.45) is 0 Å². The molecule has 0 aliphatic carbocycles. The van der Waals surface area contributed by atoms with E-state index in [0.29, 0.717) is 35.0 Å². The van der Waals surface area contributed by atoms with Crippen LogP contribution in [0.25, 0.3) is 22.6 Å². The minimum atomic E-state index is 0.158. The molecule has 3 rings (SSSR count). The summed E-state index contributed by atoms with van der Waals surface area (Å²) in [4.78, 5) is 15.7. The number of aromatic amines is 1. The van der Waals surface area contributed by atoms with Gasteiger partial charge < -0.3 is 15.5 Å². The van der Waals surface area contributed by atoms with Crippen molar-refractivity contribution >= 4 is 17.0 Å². The molecular formula is C12H13N7O. The molecule has 0 radical (unpaired) electrons. The van der Waals surface area contributed by atoms with Crippen molar-refractivity contribution in [3.63, 3.8) is 0 Å². The largest absolute Gasteiger partial charge is 0.476 e. The van der Waals surface area contributed by atoms with Gasteiger partial charge in [-0.3, -0.25) is 0 Å². The van der Waals surface area contributed by atoms with Gasteiger partial charge in [0.15, 0.2) is 11.3 Å². The molecule has 102 valence electrons. The van der Waals surface area contributed by atoms with E-state index in [2.05, 4.69) is 30.1 Å². The highest BCUT2D eigenvalue weighted by atomic mass is 16.5. The molecule has 3 heterocycles. The van der Waals surface area contributed by atoms with Gasteiger partial charge in [0.05, 0.1) is 12.1 Å². The Hall–Kier alpha value is -2.77. The summed E-state index contributed by atoms with van der Waals surface area (Å²) in [5.74, 6) is 1.84. The normalized spacial score (nSPS) is 10.9. The summed E-state index contributed by atoms with van der Waals surface area (Å²) >= 11 is 0. The molecule has 0 saturated heterocycles. The molecule has 3 N–H and O–H groups in total. The third-order valence-corrected chi connectivity index (χ3v) is 2.65. The number of aromatic nitrogens is 6. The van der Waals surface area contributed by atoms with E-state index in [1.54, 1.807) is 12.1 Å². The van der Waals surface area contributed by atoms with Crippen molar-refractivity contribution in [3.05, 3.63) is 18.0 Å². The number of hydrogen-bond donors (Lipinski definition) is 2. The first-order valence-corrected chi connectivity index (χ1v) is 6.14. The average Bonchev–Trinajstić information content (AvgIpc) is 2.85. The quantitative estimate of drug-likeness (QED) is 0.732. The van der Waals surface area contributed by atoms with E-state index < -0.39 is 0 Å². The molecule has 20 heavy (non-hydrogen) atoms. The van der Waals surface area contributed by atoms with Crippen molar-refractivity contribution in [2.75, 3.05) is 12.3 Å². The second-order valence-electron chi connectivity index (χ2n) is 4.14. The van der Waals surface area contributed by atoms with Crippen LogP contribution in [0.4, 0.5) is 5.95 Å². The van der Waals surface area contributed by atoms with Crippen LogP contribution in [0.2, 0.25) is 0 Å². The number of hydrogen-bond acceptors (Lipinski definition) is 7. The van der Waals surface area contributed by atoms with Crippen LogP contribution < -0.4 is 10.5 Å². The van der Waals surface area contributed by atoms with Crippen LogP contribution in [-0.4, -0.2) is 36.7 Å². The smallest absolute Gasteiger partial charge is 0.245 e. The lowest BCUT2D eigenvalue weighted by atomic mass is 10.3. The van der Waals surface area contributed by atoms with E-state index in [1.165, 1.54) is 0 Å². The van der Waals surface area contributed by atoms with Gasteiger partial charge in [-0.1, -0.05) is 0 Å². The molecule has 0 spiro atoms. The standard InChI is InChI=1S/C12H13N7O/c1-3-20-11-9-7(16-12(13)17-11)4-5-8(15-9)10-14-6(2)18-19-10/h4-5H,3H2,1-2H3,(H2,13,16,17)(H,14,18,19). The van der Waals surface area contributed by atoms with Gasteiger partial charge >= 0.3 is 0 Å². The fourth-order valence-corrected chi connectivity index (χ4v) is 1.84. The van der Waals surface area contributed by atoms with E-state index in [4.69, 9.17) is 10.5 Å². The monoisotopic (exact) mass is 271 g/mol. The third-order valence-electron chi connectivity index (χ3n) is 2.65. The predicted molar refractivity (Wildman–Crippen MR) is 73.0 cm³/mol. The number of ether oxygens (including phenoxy) is 1. The molecule has 0 aliphatic rings. The van der Waals surface area contributed by atoms with Gasteiger partial charge in [-0.05, 0) is 26.0 Å². The molecule has 0 unspecified atom stereocenters. The molecule has 0 fully saturated rings. The average molecular weight is 271 g/mol. The summed E-state index contributed by atoms with van der Waals surface area (Å²) in [5, 5.41) is 7.93. The summed E-state index contributed by atoms with van der Waals surface area (Å²) in [6, 6.07) is 3.60. The van der Waals surface area contributed by atoms with Crippen LogP contribution in [-0.2, 0) is 0 Å². The van der Waals surface area contributed by atoms with Crippen molar-refractivity contribution in [3.8, 4) is 17.4 Å². The maximum Gasteiger partial charge on any atom is 0.245 e. The highest BCUT2D eigenvalue weighted by Gasteiger charge is 2.12. The Balaban J connectivity index is 2.18. The lowest BCUT2D eigenvalue weighted by Crippen LogP contribution is -2.03. The van der Waals surface area contributed by atoms with Crippen molar-refractivity contribution in [2.45, 2.75) is 13.8 Å². The zero-order valence-corrected chi connectivity index (χ0v) is 11.1. The second kappa shape index (κ2) is 4.72. The Morgan fingerprint density at radius 3 is 2.75 bits per heavy atom. The number of rotatable bonds is 3. The molecule has 0 aromatic carbocycles. The van der Waals surface area contributed by atoms with Crippen LogP contribution in [0.3, 0.4) is 0 Å². The Labute approximate surface area is 114 Å². The first kappa shape index (κ1) is 12.3. The van der Waals surface area contributed by atoms with E-state index in [-0.39, 0.29) is 5.95 Å². The fourth-order valence-electron chi connectivity index (χ4n) is 1.84. The van der Waals surface area contributed by atoms with Gasteiger partial charge in [0.1, 0.15) is 11.5 Å². The van der Waals surface area contributed by atoms with Gasteiger partial charge in [0, 0.05) is 0 Å². The lowest BCUT2D eigenvalue weighted by Gasteiger charge is -2.06.